The van der Waals surface area contributed by atoms with Crippen molar-refractivity contribution in [1.82, 2.24) is 0 Å². The Morgan fingerprint density at radius 2 is 1.75 bits per heavy atom. The smallest absolute Gasteiger partial charge is 0.340 e. The third-order valence-corrected chi connectivity index (χ3v) is 5.36. The SMILES string of the molecule is CCOC(=O)c1ccccc1NC(=O)CN(c1cccc(C)c1C)S(C)(=O)=O. The highest BCUT2D eigenvalue weighted by Gasteiger charge is 2.23. The highest BCUT2D eigenvalue weighted by atomic mass is 32.2. The van der Waals surface area contributed by atoms with E-state index in [-0.39, 0.29) is 17.9 Å². The molecule has 0 saturated heterocycles. The molecule has 0 bridgehead atoms. The number of amides is 1. The van der Waals surface area contributed by atoms with Crippen molar-refractivity contribution in [2.45, 2.75) is 20.8 Å². The Bertz CT molecular complexity index is 986. The summed E-state index contributed by atoms with van der Waals surface area (Å²) in [6.07, 6.45) is 1.05. The summed E-state index contributed by atoms with van der Waals surface area (Å²) in [7, 11) is -3.70. The predicted molar refractivity (Wildman–Crippen MR) is 109 cm³/mol. The van der Waals surface area contributed by atoms with Gasteiger partial charge in [0.1, 0.15) is 6.54 Å². The van der Waals surface area contributed by atoms with Crippen molar-refractivity contribution in [1.29, 1.82) is 0 Å². The molecule has 0 unspecified atom stereocenters. The predicted octanol–water partition coefficient (Wildman–Crippen LogP) is 2.88. The van der Waals surface area contributed by atoms with Crippen LogP contribution < -0.4 is 9.62 Å². The number of aryl methyl sites for hydroxylation is 1. The lowest BCUT2D eigenvalue weighted by atomic mass is 10.1. The van der Waals surface area contributed by atoms with Crippen molar-refractivity contribution in [3.8, 4) is 0 Å². The van der Waals surface area contributed by atoms with Gasteiger partial charge in [0, 0.05) is 0 Å². The molecule has 28 heavy (non-hydrogen) atoms. The zero-order valence-corrected chi connectivity index (χ0v) is 17.2. The number of rotatable bonds is 7. The Hall–Kier alpha value is -2.87. The van der Waals surface area contributed by atoms with E-state index >= 15 is 0 Å². The molecule has 0 fully saturated rings. The number of sulfonamides is 1. The average molecular weight is 404 g/mol. The van der Waals surface area contributed by atoms with Crippen LogP contribution in [-0.4, -0.2) is 39.7 Å². The number of anilines is 2. The Morgan fingerprint density at radius 3 is 2.39 bits per heavy atom. The fourth-order valence-electron chi connectivity index (χ4n) is 2.69. The molecule has 2 rings (SSSR count). The second kappa shape index (κ2) is 8.88. The zero-order valence-electron chi connectivity index (χ0n) is 16.4. The maximum absolute atomic E-state index is 12.6. The zero-order chi connectivity index (χ0) is 20.9. The van der Waals surface area contributed by atoms with E-state index < -0.39 is 28.4 Å². The summed E-state index contributed by atoms with van der Waals surface area (Å²) in [5.74, 6) is -1.13. The molecule has 0 aliphatic rings. The van der Waals surface area contributed by atoms with Gasteiger partial charge in [-0.3, -0.25) is 9.10 Å². The van der Waals surface area contributed by atoms with Gasteiger partial charge in [0.15, 0.2) is 0 Å². The number of hydrogen-bond acceptors (Lipinski definition) is 5. The van der Waals surface area contributed by atoms with Crippen LogP contribution in [0.1, 0.15) is 28.4 Å². The van der Waals surface area contributed by atoms with Crippen LogP contribution in [0.3, 0.4) is 0 Å². The van der Waals surface area contributed by atoms with Crippen LogP contribution in [-0.2, 0) is 19.6 Å². The van der Waals surface area contributed by atoms with E-state index in [0.717, 1.165) is 21.7 Å². The molecule has 2 aromatic rings. The molecule has 0 heterocycles. The topological polar surface area (TPSA) is 92.8 Å². The summed E-state index contributed by atoms with van der Waals surface area (Å²) < 4.78 is 30.7. The third kappa shape index (κ3) is 5.10. The molecule has 2 aromatic carbocycles. The van der Waals surface area contributed by atoms with Crippen molar-refractivity contribution in [3.63, 3.8) is 0 Å². The molecule has 1 amide bonds. The summed E-state index contributed by atoms with van der Waals surface area (Å²) in [5, 5.41) is 2.61. The largest absolute Gasteiger partial charge is 0.462 e. The number of esters is 1. The summed E-state index contributed by atoms with van der Waals surface area (Å²) in [6.45, 7) is 5.15. The Balaban J connectivity index is 2.30. The first kappa shape index (κ1) is 21.4. The minimum Gasteiger partial charge on any atom is -0.462 e. The molecule has 150 valence electrons. The highest BCUT2D eigenvalue weighted by molar-refractivity contribution is 7.92. The summed E-state index contributed by atoms with van der Waals surface area (Å²) in [4.78, 5) is 24.7. The van der Waals surface area contributed by atoms with E-state index in [9.17, 15) is 18.0 Å². The highest BCUT2D eigenvalue weighted by Crippen LogP contribution is 2.25. The minimum atomic E-state index is -3.70. The first-order chi connectivity index (χ1) is 13.1. The van der Waals surface area contributed by atoms with Crippen LogP contribution in [0.15, 0.2) is 42.5 Å². The standard InChI is InChI=1S/C20H24N2O5S/c1-5-27-20(24)16-10-6-7-11-17(16)21-19(23)13-22(28(4,25)26)18-12-8-9-14(2)15(18)3/h6-12H,5,13H2,1-4H3,(H,21,23). The lowest BCUT2D eigenvalue weighted by molar-refractivity contribution is -0.114. The molecule has 0 saturated carbocycles. The number of carbonyl (C=O) groups excluding carboxylic acids is 2. The number of nitrogens with one attached hydrogen (secondary N) is 1. The third-order valence-electron chi connectivity index (χ3n) is 4.23. The number of carbonyl (C=O) groups is 2. The van der Waals surface area contributed by atoms with Gasteiger partial charge in [-0.05, 0) is 50.1 Å². The monoisotopic (exact) mass is 404 g/mol. The normalized spacial score (nSPS) is 11.0. The van der Waals surface area contributed by atoms with Gasteiger partial charge < -0.3 is 10.1 Å². The van der Waals surface area contributed by atoms with Gasteiger partial charge in [-0.25, -0.2) is 13.2 Å². The van der Waals surface area contributed by atoms with Crippen molar-refractivity contribution >= 4 is 33.3 Å². The summed E-state index contributed by atoms with van der Waals surface area (Å²) >= 11 is 0. The average Bonchev–Trinajstić information content (AvgIpc) is 2.62. The van der Waals surface area contributed by atoms with E-state index in [0.29, 0.717) is 5.69 Å². The molecule has 0 atom stereocenters. The number of hydrogen-bond donors (Lipinski definition) is 1. The number of nitrogens with zero attached hydrogens (tertiary/aromatic N) is 1. The maximum atomic E-state index is 12.6. The van der Waals surface area contributed by atoms with E-state index in [2.05, 4.69) is 5.32 Å². The Morgan fingerprint density at radius 1 is 1.07 bits per heavy atom. The molecule has 0 radical (unpaired) electrons. The van der Waals surface area contributed by atoms with Crippen LogP contribution in [0.4, 0.5) is 11.4 Å². The molecule has 0 aromatic heterocycles. The molecule has 7 nitrogen and oxygen atoms in total. The first-order valence-electron chi connectivity index (χ1n) is 8.75. The summed E-state index contributed by atoms with van der Waals surface area (Å²) in [6, 6.07) is 11.7. The van der Waals surface area contributed by atoms with Gasteiger partial charge in [-0.15, -0.1) is 0 Å². The molecule has 8 heteroatoms. The Kier molecular flexibility index (Phi) is 6.80. The van der Waals surface area contributed by atoms with Gasteiger partial charge in [0.05, 0.1) is 29.8 Å². The fourth-order valence-corrected chi connectivity index (χ4v) is 3.59. The van der Waals surface area contributed by atoms with E-state index in [1.807, 2.05) is 13.0 Å². The van der Waals surface area contributed by atoms with Crippen LogP contribution in [0.2, 0.25) is 0 Å². The Labute approximate surface area is 165 Å². The van der Waals surface area contributed by atoms with Crippen molar-refractivity contribution in [3.05, 3.63) is 59.2 Å². The number of benzene rings is 2. The first-order valence-corrected chi connectivity index (χ1v) is 10.6. The van der Waals surface area contributed by atoms with Gasteiger partial charge >= 0.3 is 5.97 Å². The number of para-hydroxylation sites is 1. The maximum Gasteiger partial charge on any atom is 0.340 e. The van der Waals surface area contributed by atoms with Gasteiger partial charge in [-0.2, -0.15) is 0 Å². The van der Waals surface area contributed by atoms with Crippen molar-refractivity contribution < 1.29 is 22.7 Å². The lowest BCUT2D eigenvalue weighted by Gasteiger charge is -2.24. The van der Waals surface area contributed by atoms with Crippen molar-refractivity contribution in [2.24, 2.45) is 0 Å². The van der Waals surface area contributed by atoms with Crippen molar-refractivity contribution in [2.75, 3.05) is 29.0 Å². The molecular formula is C20H24N2O5S. The second-order valence-corrected chi connectivity index (χ2v) is 8.21. The van der Waals surface area contributed by atoms with Crippen LogP contribution in [0.25, 0.3) is 0 Å². The van der Waals surface area contributed by atoms with Gasteiger partial charge in [0.25, 0.3) is 0 Å². The molecule has 0 spiro atoms. The molecule has 1 N–H and O–H groups in total. The summed E-state index contributed by atoms with van der Waals surface area (Å²) in [5.41, 5.74) is 2.60. The fraction of sp³-hybridized carbons (Fsp3) is 0.300. The van der Waals surface area contributed by atoms with Gasteiger partial charge in [-0.1, -0.05) is 24.3 Å². The van der Waals surface area contributed by atoms with Gasteiger partial charge in [0.2, 0.25) is 15.9 Å². The van der Waals surface area contributed by atoms with E-state index in [1.54, 1.807) is 44.2 Å². The van der Waals surface area contributed by atoms with E-state index in [1.165, 1.54) is 6.07 Å². The molecule has 0 aliphatic heterocycles. The lowest BCUT2D eigenvalue weighted by Crippen LogP contribution is -2.38. The van der Waals surface area contributed by atoms with E-state index in [4.69, 9.17) is 4.74 Å². The molecule has 0 aliphatic carbocycles. The van der Waals surface area contributed by atoms with Crippen LogP contribution in [0.5, 0.6) is 0 Å². The van der Waals surface area contributed by atoms with Crippen LogP contribution >= 0.6 is 0 Å². The second-order valence-electron chi connectivity index (χ2n) is 6.30. The molecular weight excluding hydrogens is 380 g/mol. The quantitative estimate of drug-likeness (QED) is 0.717. The minimum absolute atomic E-state index is 0.204. The van der Waals surface area contributed by atoms with Crippen LogP contribution in [0, 0.1) is 13.8 Å². The number of ether oxygens (including phenoxy) is 1.